The van der Waals surface area contributed by atoms with Crippen molar-refractivity contribution in [2.75, 3.05) is 0 Å². The minimum absolute atomic E-state index is 0.924. The van der Waals surface area contributed by atoms with Gasteiger partial charge in [-0.3, -0.25) is 3.97 Å². The Morgan fingerprint density at radius 3 is 2.69 bits per heavy atom. The van der Waals surface area contributed by atoms with Gasteiger partial charge in [-0.2, -0.15) is 0 Å². The summed E-state index contributed by atoms with van der Waals surface area (Å²) in [5, 5.41) is 1.17. The van der Waals surface area contributed by atoms with Crippen LogP contribution in [0.2, 0.25) is 0 Å². The first-order valence-corrected chi connectivity index (χ1v) is 4.81. The van der Waals surface area contributed by atoms with E-state index in [1.807, 2.05) is 32.2 Å². The molecule has 2 nitrogen and oxygen atoms in total. The van der Waals surface area contributed by atoms with Crippen molar-refractivity contribution in [3.8, 4) is 0 Å². The second-order valence-electron chi connectivity index (χ2n) is 2.53. The van der Waals surface area contributed by atoms with Gasteiger partial charge in [-0.15, -0.1) is 0 Å². The van der Waals surface area contributed by atoms with Crippen molar-refractivity contribution in [2.24, 2.45) is 0 Å². The zero-order valence-corrected chi connectivity index (χ0v) is 9.05. The Labute approximate surface area is 84.1 Å². The molecule has 0 unspecified atom stereocenters. The highest BCUT2D eigenvalue weighted by Crippen LogP contribution is 2.18. The smallest absolute Gasteiger partial charge is 0.149 e. The molecule has 0 bridgehead atoms. The number of nitrogens with zero attached hydrogens (tertiary/aromatic N) is 2. The van der Waals surface area contributed by atoms with Crippen molar-refractivity contribution in [2.45, 2.75) is 20.8 Å². The van der Waals surface area contributed by atoms with E-state index < -0.39 is 0 Å². The molecular formula is C10H14N2S. The van der Waals surface area contributed by atoms with E-state index in [1.165, 1.54) is 10.9 Å². The highest BCUT2D eigenvalue weighted by Gasteiger charge is 2.01. The van der Waals surface area contributed by atoms with E-state index in [9.17, 15) is 0 Å². The summed E-state index contributed by atoms with van der Waals surface area (Å²) in [6.07, 6.45) is 3.73. The Bertz CT molecular complexity index is 357. The predicted molar refractivity (Wildman–Crippen MR) is 60.2 cm³/mol. The number of aromatic nitrogens is 2. The molecule has 0 spiro atoms. The number of thiol groups is 1. The predicted octanol–water partition coefficient (Wildman–Crippen LogP) is 3.06. The molecule has 0 amide bonds. The lowest BCUT2D eigenvalue weighted by atomic mass is 10.2. The molecule has 0 aliphatic carbocycles. The van der Waals surface area contributed by atoms with Gasteiger partial charge in [-0.25, -0.2) is 4.98 Å². The molecule has 0 aliphatic rings. The first-order valence-electron chi connectivity index (χ1n) is 4.41. The van der Waals surface area contributed by atoms with E-state index in [-0.39, 0.29) is 0 Å². The van der Waals surface area contributed by atoms with Gasteiger partial charge in [-0.1, -0.05) is 26.7 Å². The molecule has 3 heteroatoms. The first kappa shape index (κ1) is 10.1. The van der Waals surface area contributed by atoms with Crippen LogP contribution in [0.4, 0.5) is 0 Å². The van der Waals surface area contributed by atoms with Crippen LogP contribution in [0, 0.1) is 6.92 Å². The van der Waals surface area contributed by atoms with Gasteiger partial charge in [0.1, 0.15) is 5.65 Å². The van der Waals surface area contributed by atoms with E-state index in [2.05, 4.69) is 24.7 Å². The average Bonchev–Trinajstić information content (AvgIpc) is 2.47. The van der Waals surface area contributed by atoms with Crippen LogP contribution in [0.25, 0.3) is 11.0 Å². The van der Waals surface area contributed by atoms with Crippen LogP contribution < -0.4 is 0 Å². The fourth-order valence-corrected chi connectivity index (χ4v) is 1.53. The minimum Gasteiger partial charge on any atom is -0.278 e. The van der Waals surface area contributed by atoms with Gasteiger partial charge in [0.25, 0.3) is 0 Å². The van der Waals surface area contributed by atoms with Crippen LogP contribution >= 0.6 is 12.8 Å². The molecular weight excluding hydrogens is 180 g/mol. The van der Waals surface area contributed by atoms with Crippen LogP contribution in [-0.4, -0.2) is 8.96 Å². The van der Waals surface area contributed by atoms with E-state index in [4.69, 9.17) is 0 Å². The quantitative estimate of drug-likeness (QED) is 0.638. The Kier molecular flexibility index (Phi) is 3.37. The Morgan fingerprint density at radius 1 is 1.38 bits per heavy atom. The molecule has 0 aromatic carbocycles. The van der Waals surface area contributed by atoms with Crippen molar-refractivity contribution in [1.29, 1.82) is 0 Å². The minimum atomic E-state index is 0.924. The number of aryl methyl sites for hydroxylation is 1. The Hall–Kier alpha value is -0.960. The number of pyridine rings is 1. The fourth-order valence-electron chi connectivity index (χ4n) is 1.20. The molecule has 0 fully saturated rings. The summed E-state index contributed by atoms with van der Waals surface area (Å²) in [7, 11) is 0. The molecule has 0 atom stereocenters. The second kappa shape index (κ2) is 4.33. The van der Waals surface area contributed by atoms with Gasteiger partial charge in [-0.05, 0) is 24.6 Å². The van der Waals surface area contributed by atoms with Crippen LogP contribution in [-0.2, 0) is 0 Å². The maximum Gasteiger partial charge on any atom is 0.149 e. The summed E-state index contributed by atoms with van der Waals surface area (Å²) >= 11 is 4.23. The van der Waals surface area contributed by atoms with Gasteiger partial charge < -0.3 is 0 Å². The summed E-state index contributed by atoms with van der Waals surface area (Å²) in [4.78, 5) is 4.19. The molecule has 0 aliphatic heterocycles. The highest BCUT2D eigenvalue weighted by molar-refractivity contribution is 7.78. The number of hydrogen-bond donors (Lipinski definition) is 1. The number of rotatable bonds is 0. The molecule has 0 radical (unpaired) electrons. The summed E-state index contributed by atoms with van der Waals surface area (Å²) < 4.78 is 1.74. The van der Waals surface area contributed by atoms with E-state index in [0.29, 0.717) is 0 Å². The first-order chi connectivity index (χ1) is 6.29. The van der Waals surface area contributed by atoms with Crippen molar-refractivity contribution in [3.05, 3.63) is 30.1 Å². The van der Waals surface area contributed by atoms with Gasteiger partial charge >= 0.3 is 0 Å². The topological polar surface area (TPSA) is 17.8 Å². The Morgan fingerprint density at radius 2 is 2.08 bits per heavy atom. The highest BCUT2D eigenvalue weighted by atomic mass is 32.1. The van der Waals surface area contributed by atoms with Crippen LogP contribution in [0.5, 0.6) is 0 Å². The number of hydrogen-bond acceptors (Lipinski definition) is 2. The van der Waals surface area contributed by atoms with Crippen molar-refractivity contribution >= 4 is 23.8 Å². The lowest BCUT2D eigenvalue weighted by molar-refractivity contribution is 1.26. The van der Waals surface area contributed by atoms with Gasteiger partial charge in [0.05, 0.1) is 0 Å². The summed E-state index contributed by atoms with van der Waals surface area (Å²) in [6, 6.07) is 3.98. The average molecular weight is 194 g/mol. The third kappa shape index (κ3) is 1.86. The van der Waals surface area contributed by atoms with E-state index in [0.717, 1.165) is 5.65 Å². The summed E-state index contributed by atoms with van der Waals surface area (Å²) in [5.41, 5.74) is 2.14. The zero-order valence-electron chi connectivity index (χ0n) is 8.15. The molecule has 0 saturated carbocycles. The van der Waals surface area contributed by atoms with E-state index >= 15 is 0 Å². The largest absolute Gasteiger partial charge is 0.278 e. The molecule has 70 valence electrons. The van der Waals surface area contributed by atoms with E-state index in [1.54, 1.807) is 10.2 Å². The van der Waals surface area contributed by atoms with Crippen LogP contribution in [0.3, 0.4) is 0 Å². The number of fused-ring (bicyclic) bond motifs is 1. The molecule has 2 aromatic heterocycles. The maximum atomic E-state index is 4.23. The van der Waals surface area contributed by atoms with Crippen molar-refractivity contribution in [1.82, 2.24) is 8.96 Å². The van der Waals surface area contributed by atoms with Gasteiger partial charge in [0, 0.05) is 17.8 Å². The summed E-state index contributed by atoms with van der Waals surface area (Å²) in [6.45, 7) is 6.05. The SMILES string of the molecule is CC.Cc1cn(S)c2ncccc12. The van der Waals surface area contributed by atoms with Crippen molar-refractivity contribution in [3.63, 3.8) is 0 Å². The molecule has 0 N–H and O–H groups in total. The van der Waals surface area contributed by atoms with Gasteiger partial charge in [0.15, 0.2) is 0 Å². The molecule has 0 saturated heterocycles. The Balaban J connectivity index is 0.000000396. The summed E-state index contributed by atoms with van der Waals surface area (Å²) in [5.74, 6) is 0. The molecule has 2 heterocycles. The van der Waals surface area contributed by atoms with Crippen LogP contribution in [0.15, 0.2) is 24.5 Å². The standard InChI is InChI=1S/C8H8N2S.C2H6/c1-6-5-10(11)8-7(6)3-2-4-9-8;1-2/h2-5,11H,1H3;1-2H3. The molecule has 2 rings (SSSR count). The third-order valence-corrected chi connectivity index (χ3v) is 2.05. The second-order valence-corrected chi connectivity index (χ2v) is 2.96. The zero-order chi connectivity index (χ0) is 9.84. The normalized spacial score (nSPS) is 9.54. The van der Waals surface area contributed by atoms with Gasteiger partial charge in [0.2, 0.25) is 0 Å². The monoisotopic (exact) mass is 194 g/mol. The third-order valence-electron chi connectivity index (χ3n) is 1.74. The molecule has 2 aromatic rings. The fraction of sp³-hybridized carbons (Fsp3) is 0.300. The lowest BCUT2D eigenvalue weighted by Crippen LogP contribution is -1.78. The van der Waals surface area contributed by atoms with Crippen molar-refractivity contribution < 1.29 is 0 Å². The molecule has 13 heavy (non-hydrogen) atoms. The maximum absolute atomic E-state index is 4.23. The van der Waals surface area contributed by atoms with Crippen LogP contribution in [0.1, 0.15) is 19.4 Å². The lowest BCUT2D eigenvalue weighted by Gasteiger charge is -1.90.